The Morgan fingerprint density at radius 3 is 2.79 bits per heavy atom. The summed E-state index contributed by atoms with van der Waals surface area (Å²) in [7, 11) is 0. The van der Waals surface area contributed by atoms with Crippen molar-refractivity contribution in [2.24, 2.45) is 5.92 Å². The van der Waals surface area contributed by atoms with Gasteiger partial charge in [-0.2, -0.15) is 5.10 Å². The molecule has 29 heavy (non-hydrogen) atoms. The first-order chi connectivity index (χ1) is 14.1. The van der Waals surface area contributed by atoms with Crippen LogP contribution < -0.4 is 10.6 Å². The van der Waals surface area contributed by atoms with Crippen molar-refractivity contribution in [1.82, 2.24) is 9.78 Å². The molecule has 6 nitrogen and oxygen atoms in total. The molecule has 4 rings (SSSR count). The topological polar surface area (TPSA) is 76.0 Å². The number of benzene rings is 2. The summed E-state index contributed by atoms with van der Waals surface area (Å²) < 4.78 is 1.73. The van der Waals surface area contributed by atoms with Gasteiger partial charge in [0.2, 0.25) is 11.8 Å². The minimum Gasteiger partial charge on any atom is -0.326 e. The van der Waals surface area contributed by atoms with E-state index in [-0.39, 0.29) is 24.2 Å². The number of hydrogen-bond donors (Lipinski definition) is 2. The Balaban J connectivity index is 1.33. The Labute approximate surface area is 173 Å². The van der Waals surface area contributed by atoms with Crippen molar-refractivity contribution < 1.29 is 9.59 Å². The fourth-order valence-electron chi connectivity index (χ4n) is 3.48. The molecule has 1 aliphatic heterocycles. The predicted molar refractivity (Wildman–Crippen MR) is 113 cm³/mol. The molecule has 0 bridgehead atoms. The number of anilines is 2. The molecule has 2 amide bonds. The summed E-state index contributed by atoms with van der Waals surface area (Å²) in [5.41, 5.74) is 3.01. The van der Waals surface area contributed by atoms with Crippen molar-refractivity contribution in [2.75, 3.05) is 10.6 Å². The second kappa shape index (κ2) is 8.49. The van der Waals surface area contributed by atoms with E-state index in [1.54, 1.807) is 16.9 Å². The summed E-state index contributed by atoms with van der Waals surface area (Å²) in [5.74, 6) is 0.275. The van der Waals surface area contributed by atoms with Crippen LogP contribution in [0.1, 0.15) is 24.0 Å². The Morgan fingerprint density at radius 2 is 1.97 bits per heavy atom. The average molecular weight is 409 g/mol. The molecule has 0 saturated heterocycles. The number of hydrogen-bond acceptors (Lipinski definition) is 3. The van der Waals surface area contributed by atoms with E-state index in [1.165, 1.54) is 0 Å². The summed E-state index contributed by atoms with van der Waals surface area (Å²) in [6, 6.07) is 17.0. The molecule has 2 aromatic carbocycles. The molecule has 0 saturated carbocycles. The Kier molecular flexibility index (Phi) is 5.62. The Hall–Kier alpha value is -3.12. The third-order valence-electron chi connectivity index (χ3n) is 5.06. The lowest BCUT2D eigenvalue weighted by Crippen LogP contribution is -2.30. The highest BCUT2D eigenvalue weighted by Gasteiger charge is 2.26. The van der Waals surface area contributed by atoms with Crippen molar-refractivity contribution in [1.29, 1.82) is 0 Å². The molecule has 0 aliphatic carbocycles. The molecule has 2 N–H and O–H groups in total. The first-order valence-electron chi connectivity index (χ1n) is 9.53. The highest BCUT2D eigenvalue weighted by molar-refractivity contribution is 6.30. The van der Waals surface area contributed by atoms with Gasteiger partial charge in [-0.05, 0) is 42.2 Å². The van der Waals surface area contributed by atoms with Gasteiger partial charge in [-0.15, -0.1) is 0 Å². The number of halogens is 1. The molecule has 1 aliphatic rings. The number of aromatic nitrogens is 2. The number of nitrogens with zero attached hydrogens (tertiary/aromatic N) is 2. The van der Waals surface area contributed by atoms with Gasteiger partial charge in [-0.25, -0.2) is 4.68 Å². The zero-order chi connectivity index (χ0) is 20.2. The molecule has 1 atom stereocenters. The van der Waals surface area contributed by atoms with Gasteiger partial charge in [0, 0.05) is 29.1 Å². The van der Waals surface area contributed by atoms with Gasteiger partial charge in [-0.3, -0.25) is 9.59 Å². The zero-order valence-electron chi connectivity index (χ0n) is 15.8. The van der Waals surface area contributed by atoms with Crippen LogP contribution in [0.2, 0.25) is 5.02 Å². The van der Waals surface area contributed by atoms with Crippen LogP contribution in [0.5, 0.6) is 0 Å². The van der Waals surface area contributed by atoms with Gasteiger partial charge < -0.3 is 10.6 Å². The third-order valence-corrected chi connectivity index (χ3v) is 5.31. The van der Waals surface area contributed by atoms with E-state index in [4.69, 9.17) is 11.6 Å². The number of amides is 2. The van der Waals surface area contributed by atoms with Crippen LogP contribution in [0.15, 0.2) is 60.8 Å². The second-order valence-corrected chi connectivity index (χ2v) is 7.57. The minimum absolute atomic E-state index is 0.0238. The van der Waals surface area contributed by atoms with E-state index in [0.29, 0.717) is 30.2 Å². The molecule has 7 heteroatoms. The van der Waals surface area contributed by atoms with Crippen LogP contribution in [0.25, 0.3) is 0 Å². The molecule has 3 aromatic rings. The molecular weight excluding hydrogens is 388 g/mol. The first kappa shape index (κ1) is 19.2. The number of carbonyl (C=O) groups is 2. The molecule has 0 radical (unpaired) electrons. The van der Waals surface area contributed by atoms with Crippen LogP contribution >= 0.6 is 11.6 Å². The fraction of sp³-hybridized carbons (Fsp3) is 0.227. The standard InChI is InChI=1S/C22H21ClN4O2/c23-18-8-5-15(6-9-18)14-27-20(11-12-24-27)26-21(28)10-7-17-13-16-3-1-2-4-19(16)25-22(17)29/h1-6,8-9,11-12,17H,7,10,13-14H2,(H,25,29)(H,26,28)/t17-/m0/s1. The van der Waals surface area contributed by atoms with E-state index >= 15 is 0 Å². The average Bonchev–Trinajstić information content (AvgIpc) is 3.14. The minimum atomic E-state index is -0.199. The zero-order valence-corrected chi connectivity index (χ0v) is 16.5. The number of rotatable bonds is 6. The van der Waals surface area contributed by atoms with Crippen molar-refractivity contribution in [2.45, 2.75) is 25.8 Å². The number of carbonyl (C=O) groups excluding carboxylic acids is 2. The van der Waals surface area contributed by atoms with Crippen LogP contribution in [0.3, 0.4) is 0 Å². The largest absolute Gasteiger partial charge is 0.326 e. The molecule has 2 heterocycles. The van der Waals surface area contributed by atoms with Crippen LogP contribution in [0, 0.1) is 5.92 Å². The maximum atomic E-state index is 12.5. The SMILES string of the molecule is O=C(CC[C@H]1Cc2ccccc2NC1=O)Nc1ccnn1Cc1ccc(Cl)cc1. The molecule has 0 fully saturated rings. The van der Waals surface area contributed by atoms with E-state index in [9.17, 15) is 9.59 Å². The van der Waals surface area contributed by atoms with Crippen molar-refractivity contribution in [3.8, 4) is 0 Å². The van der Waals surface area contributed by atoms with Gasteiger partial charge in [0.15, 0.2) is 0 Å². The Bertz CT molecular complexity index is 1030. The molecular formula is C22H21ClN4O2. The molecule has 0 spiro atoms. The maximum Gasteiger partial charge on any atom is 0.227 e. The second-order valence-electron chi connectivity index (χ2n) is 7.13. The van der Waals surface area contributed by atoms with Gasteiger partial charge in [0.25, 0.3) is 0 Å². The molecule has 0 unspecified atom stereocenters. The predicted octanol–water partition coefficient (Wildman–Crippen LogP) is 4.11. The lowest BCUT2D eigenvalue weighted by molar-refractivity contribution is -0.121. The fourth-order valence-corrected chi connectivity index (χ4v) is 3.61. The smallest absolute Gasteiger partial charge is 0.227 e. The van der Waals surface area contributed by atoms with Crippen LogP contribution in [-0.4, -0.2) is 21.6 Å². The van der Waals surface area contributed by atoms with Gasteiger partial charge >= 0.3 is 0 Å². The molecule has 148 valence electrons. The summed E-state index contributed by atoms with van der Waals surface area (Å²) in [6.45, 7) is 0.529. The number of nitrogens with one attached hydrogen (secondary N) is 2. The Morgan fingerprint density at radius 1 is 1.17 bits per heavy atom. The highest BCUT2D eigenvalue weighted by atomic mass is 35.5. The van der Waals surface area contributed by atoms with Gasteiger partial charge in [0.05, 0.1) is 12.7 Å². The van der Waals surface area contributed by atoms with Crippen molar-refractivity contribution in [3.63, 3.8) is 0 Å². The first-order valence-corrected chi connectivity index (χ1v) is 9.91. The summed E-state index contributed by atoms with van der Waals surface area (Å²) in [4.78, 5) is 24.8. The summed E-state index contributed by atoms with van der Waals surface area (Å²) in [6.07, 6.45) is 3.07. The van der Waals surface area contributed by atoms with Gasteiger partial charge in [0.1, 0.15) is 5.82 Å². The number of para-hydroxylation sites is 1. The molecule has 1 aromatic heterocycles. The lowest BCUT2D eigenvalue weighted by Gasteiger charge is -2.24. The van der Waals surface area contributed by atoms with Gasteiger partial charge in [-0.1, -0.05) is 41.9 Å². The van der Waals surface area contributed by atoms with E-state index < -0.39 is 0 Å². The van der Waals surface area contributed by atoms with Crippen LogP contribution in [-0.2, 0) is 22.6 Å². The monoisotopic (exact) mass is 408 g/mol. The van der Waals surface area contributed by atoms with Crippen LogP contribution in [0.4, 0.5) is 11.5 Å². The quantitative estimate of drug-likeness (QED) is 0.644. The van der Waals surface area contributed by atoms with Crippen molar-refractivity contribution in [3.05, 3.63) is 76.9 Å². The highest BCUT2D eigenvalue weighted by Crippen LogP contribution is 2.27. The maximum absolute atomic E-state index is 12.5. The van der Waals surface area contributed by atoms with E-state index in [2.05, 4.69) is 15.7 Å². The summed E-state index contributed by atoms with van der Waals surface area (Å²) in [5, 5.41) is 10.8. The lowest BCUT2D eigenvalue weighted by atomic mass is 9.89. The van der Waals surface area contributed by atoms with E-state index in [1.807, 2.05) is 48.5 Å². The normalized spacial score (nSPS) is 15.5. The number of fused-ring (bicyclic) bond motifs is 1. The van der Waals surface area contributed by atoms with E-state index in [0.717, 1.165) is 16.8 Å². The third kappa shape index (κ3) is 4.66. The van der Waals surface area contributed by atoms with Crippen molar-refractivity contribution >= 4 is 34.9 Å². The summed E-state index contributed by atoms with van der Waals surface area (Å²) >= 11 is 5.92.